The summed E-state index contributed by atoms with van der Waals surface area (Å²) in [6.07, 6.45) is 0.628. The lowest BCUT2D eigenvalue weighted by Gasteiger charge is -2.36. The minimum absolute atomic E-state index is 0.0288. The Balaban J connectivity index is 1.52. The van der Waals surface area contributed by atoms with Crippen LogP contribution < -0.4 is 0 Å². The zero-order valence-corrected chi connectivity index (χ0v) is 16.5. The lowest BCUT2D eigenvalue weighted by atomic mass is 10.1. The van der Waals surface area contributed by atoms with Gasteiger partial charge in [0.1, 0.15) is 0 Å². The Morgan fingerprint density at radius 3 is 2.27 bits per heavy atom. The van der Waals surface area contributed by atoms with Crippen LogP contribution in [0.1, 0.15) is 12.0 Å². The summed E-state index contributed by atoms with van der Waals surface area (Å²) in [5.41, 5.74) is 0.791. The number of carbonyl (C=O) groups is 2. The molecule has 1 atom stereocenters. The van der Waals surface area contributed by atoms with Gasteiger partial charge in [-0.3, -0.25) is 9.59 Å². The third-order valence-electron chi connectivity index (χ3n) is 4.87. The fourth-order valence-electron chi connectivity index (χ4n) is 3.36. The largest absolute Gasteiger partial charge is 0.339 e. The number of benzene rings is 1. The molecule has 2 aliphatic heterocycles. The molecule has 0 saturated carbocycles. The molecule has 2 saturated heterocycles. The van der Waals surface area contributed by atoms with Crippen LogP contribution in [0.5, 0.6) is 0 Å². The van der Waals surface area contributed by atoms with Gasteiger partial charge in [-0.25, -0.2) is 8.42 Å². The second kappa shape index (κ2) is 7.74. The predicted octanol–water partition coefficient (Wildman–Crippen LogP) is 1.64. The second-order valence-corrected chi connectivity index (χ2v) is 9.77. The van der Waals surface area contributed by atoms with E-state index in [0.717, 1.165) is 5.56 Å². The smallest absolute Gasteiger partial charge is 0.227 e. The monoisotopic (exact) mass is 418 g/mol. The Kier molecular flexibility index (Phi) is 5.79. The molecule has 1 unspecified atom stereocenters. The van der Waals surface area contributed by atoms with Crippen LogP contribution in [-0.4, -0.2) is 67.7 Å². The van der Waals surface area contributed by atoms with E-state index in [1.165, 1.54) is 0 Å². The lowest BCUT2D eigenvalue weighted by Crippen LogP contribution is -2.52. The van der Waals surface area contributed by atoms with Crippen molar-refractivity contribution in [2.45, 2.75) is 12.8 Å². The van der Waals surface area contributed by atoms with Crippen LogP contribution in [-0.2, 0) is 25.8 Å². The van der Waals surface area contributed by atoms with Crippen LogP contribution >= 0.6 is 23.2 Å². The van der Waals surface area contributed by atoms with E-state index in [4.69, 9.17) is 23.2 Å². The van der Waals surface area contributed by atoms with Crippen molar-refractivity contribution in [3.8, 4) is 0 Å². The van der Waals surface area contributed by atoms with Gasteiger partial charge in [-0.2, -0.15) is 0 Å². The third-order valence-corrected chi connectivity index (χ3v) is 7.37. The molecule has 2 fully saturated rings. The van der Waals surface area contributed by atoms with Gasteiger partial charge in [0.25, 0.3) is 0 Å². The molecule has 0 aromatic heterocycles. The fraction of sp³-hybridized carbons (Fsp3) is 0.529. The van der Waals surface area contributed by atoms with E-state index in [9.17, 15) is 18.0 Å². The Bertz CT molecular complexity index is 820. The van der Waals surface area contributed by atoms with E-state index in [0.29, 0.717) is 42.6 Å². The number of hydrogen-bond acceptors (Lipinski definition) is 4. The number of halogens is 2. The highest BCUT2D eigenvalue weighted by Crippen LogP contribution is 2.24. The molecule has 3 rings (SSSR count). The van der Waals surface area contributed by atoms with Gasteiger partial charge < -0.3 is 9.80 Å². The maximum atomic E-state index is 12.5. The van der Waals surface area contributed by atoms with Crippen LogP contribution in [0.25, 0.3) is 0 Å². The number of rotatable bonds is 3. The van der Waals surface area contributed by atoms with Crippen molar-refractivity contribution < 1.29 is 18.0 Å². The molecule has 0 bridgehead atoms. The number of sulfone groups is 1. The number of carbonyl (C=O) groups excluding carboxylic acids is 2. The summed E-state index contributed by atoms with van der Waals surface area (Å²) in [5.74, 6) is -0.534. The highest BCUT2D eigenvalue weighted by atomic mass is 35.5. The zero-order chi connectivity index (χ0) is 18.9. The first kappa shape index (κ1) is 19.5. The van der Waals surface area contributed by atoms with Gasteiger partial charge in [-0.15, -0.1) is 0 Å². The van der Waals surface area contributed by atoms with Crippen LogP contribution in [0.3, 0.4) is 0 Å². The quantitative estimate of drug-likeness (QED) is 0.747. The molecule has 2 aliphatic rings. The maximum absolute atomic E-state index is 12.5. The molecule has 9 heteroatoms. The Morgan fingerprint density at radius 1 is 1.04 bits per heavy atom. The first-order valence-corrected chi connectivity index (χ1v) is 11.0. The van der Waals surface area contributed by atoms with Crippen LogP contribution in [0.2, 0.25) is 10.0 Å². The summed E-state index contributed by atoms with van der Waals surface area (Å²) in [5, 5.41) is 0.864. The van der Waals surface area contributed by atoms with Crippen molar-refractivity contribution in [3.05, 3.63) is 33.8 Å². The molecule has 6 nitrogen and oxygen atoms in total. The summed E-state index contributed by atoms with van der Waals surface area (Å²) in [7, 11) is -3.08. The van der Waals surface area contributed by atoms with Gasteiger partial charge in [-0.05, 0) is 24.1 Å². The average Bonchev–Trinajstić information content (AvgIpc) is 2.97. The highest BCUT2D eigenvalue weighted by Gasteiger charge is 2.36. The summed E-state index contributed by atoms with van der Waals surface area (Å²) in [4.78, 5) is 28.3. The standard InChI is InChI=1S/C17H20Cl2N2O4S/c18-14-2-1-12(9-15(14)19)10-16(22)20-4-6-21(7-5-20)17(23)13-3-8-26(24,25)11-13/h1-2,9,13H,3-8,10-11H2. The number of piperazine rings is 1. The molecule has 26 heavy (non-hydrogen) atoms. The Morgan fingerprint density at radius 2 is 1.69 bits per heavy atom. The minimum atomic E-state index is -3.08. The van der Waals surface area contributed by atoms with E-state index in [-0.39, 0.29) is 29.7 Å². The van der Waals surface area contributed by atoms with E-state index >= 15 is 0 Å². The van der Waals surface area contributed by atoms with Crippen LogP contribution in [0, 0.1) is 5.92 Å². The molecule has 0 N–H and O–H groups in total. The van der Waals surface area contributed by atoms with E-state index < -0.39 is 15.8 Å². The van der Waals surface area contributed by atoms with Gasteiger partial charge in [-0.1, -0.05) is 29.3 Å². The topological polar surface area (TPSA) is 74.8 Å². The van der Waals surface area contributed by atoms with Crippen LogP contribution in [0.4, 0.5) is 0 Å². The molecular weight excluding hydrogens is 399 g/mol. The number of hydrogen-bond donors (Lipinski definition) is 0. The van der Waals surface area contributed by atoms with E-state index in [1.807, 2.05) is 0 Å². The molecule has 1 aromatic rings. The molecule has 142 valence electrons. The molecule has 0 aliphatic carbocycles. The average molecular weight is 419 g/mol. The molecule has 1 aromatic carbocycles. The summed E-state index contributed by atoms with van der Waals surface area (Å²) < 4.78 is 23.1. The predicted molar refractivity (Wildman–Crippen MR) is 100 cm³/mol. The third kappa shape index (κ3) is 4.50. The molecule has 0 spiro atoms. The van der Waals surface area contributed by atoms with Crippen molar-refractivity contribution in [2.75, 3.05) is 37.7 Å². The minimum Gasteiger partial charge on any atom is -0.339 e. The summed E-state index contributed by atoms with van der Waals surface area (Å²) >= 11 is 11.9. The van der Waals surface area contributed by atoms with Crippen molar-refractivity contribution in [1.82, 2.24) is 9.80 Å². The first-order chi connectivity index (χ1) is 12.2. The van der Waals surface area contributed by atoms with Gasteiger partial charge in [0.2, 0.25) is 11.8 Å². The maximum Gasteiger partial charge on any atom is 0.227 e. The SMILES string of the molecule is O=C(Cc1ccc(Cl)c(Cl)c1)N1CCN(C(=O)C2CCS(=O)(=O)C2)CC1. The van der Waals surface area contributed by atoms with Gasteiger partial charge in [0.05, 0.1) is 33.9 Å². The summed E-state index contributed by atoms with van der Waals surface area (Å²) in [6, 6.07) is 5.12. The molecule has 2 heterocycles. The lowest BCUT2D eigenvalue weighted by molar-refractivity contribution is -0.141. The fourth-order valence-corrected chi connectivity index (χ4v) is 5.41. The molecule has 2 amide bonds. The Hall–Kier alpha value is -1.31. The molecule has 0 radical (unpaired) electrons. The second-order valence-electron chi connectivity index (χ2n) is 6.73. The number of amides is 2. The Labute approximate surface area is 163 Å². The van der Waals surface area contributed by atoms with Gasteiger partial charge >= 0.3 is 0 Å². The van der Waals surface area contributed by atoms with Crippen molar-refractivity contribution in [3.63, 3.8) is 0 Å². The highest BCUT2D eigenvalue weighted by molar-refractivity contribution is 7.91. The van der Waals surface area contributed by atoms with Crippen molar-refractivity contribution >= 4 is 44.9 Å². The van der Waals surface area contributed by atoms with E-state index in [2.05, 4.69) is 0 Å². The molecular formula is C17H20Cl2N2O4S. The number of nitrogens with zero attached hydrogens (tertiary/aromatic N) is 2. The van der Waals surface area contributed by atoms with Crippen molar-refractivity contribution in [1.29, 1.82) is 0 Å². The zero-order valence-electron chi connectivity index (χ0n) is 14.2. The van der Waals surface area contributed by atoms with E-state index in [1.54, 1.807) is 28.0 Å². The van der Waals surface area contributed by atoms with Gasteiger partial charge in [0, 0.05) is 26.2 Å². The normalized spacial score (nSPS) is 22.5. The van der Waals surface area contributed by atoms with Crippen molar-refractivity contribution in [2.24, 2.45) is 5.92 Å². The van der Waals surface area contributed by atoms with Gasteiger partial charge in [0.15, 0.2) is 9.84 Å². The summed E-state index contributed by atoms with van der Waals surface area (Å²) in [6.45, 7) is 1.77. The van der Waals surface area contributed by atoms with Crippen LogP contribution in [0.15, 0.2) is 18.2 Å². The first-order valence-electron chi connectivity index (χ1n) is 8.46.